The van der Waals surface area contributed by atoms with Crippen LogP contribution in [0.5, 0.6) is 11.5 Å². The van der Waals surface area contributed by atoms with Crippen molar-refractivity contribution in [3.8, 4) is 11.5 Å². The smallest absolute Gasteiger partial charge is 0.130 e. The molecule has 1 N–H and O–H groups in total. The number of benzene rings is 2. The van der Waals surface area contributed by atoms with E-state index in [1.807, 2.05) is 19.1 Å². The fourth-order valence-corrected chi connectivity index (χ4v) is 2.10. The van der Waals surface area contributed by atoms with Crippen LogP contribution in [-0.2, 0) is 6.54 Å². The first-order valence-electron chi connectivity index (χ1n) is 7.28. The summed E-state index contributed by atoms with van der Waals surface area (Å²) >= 11 is 0. The summed E-state index contributed by atoms with van der Waals surface area (Å²) in [5.41, 5.74) is 2.27. The van der Waals surface area contributed by atoms with Crippen LogP contribution in [0.2, 0.25) is 0 Å². The largest absolute Gasteiger partial charge is 0.457 e. The fraction of sp³-hybridized carbons (Fsp3) is 0.333. The molecule has 2 aromatic carbocycles. The van der Waals surface area contributed by atoms with Gasteiger partial charge >= 0.3 is 0 Å². The van der Waals surface area contributed by atoms with Gasteiger partial charge in [-0.25, -0.2) is 4.39 Å². The van der Waals surface area contributed by atoms with Crippen molar-refractivity contribution < 1.29 is 9.13 Å². The first kappa shape index (κ1) is 15.5. The molecule has 0 aliphatic carbocycles. The van der Waals surface area contributed by atoms with Gasteiger partial charge in [-0.1, -0.05) is 32.0 Å². The molecule has 0 amide bonds. The van der Waals surface area contributed by atoms with Gasteiger partial charge in [-0.05, 0) is 48.7 Å². The van der Waals surface area contributed by atoms with E-state index < -0.39 is 0 Å². The van der Waals surface area contributed by atoms with Crippen LogP contribution in [0.3, 0.4) is 0 Å². The average Bonchev–Trinajstić information content (AvgIpc) is 2.41. The quantitative estimate of drug-likeness (QED) is 0.833. The maximum atomic E-state index is 13.2. The Kier molecular flexibility index (Phi) is 5.34. The van der Waals surface area contributed by atoms with E-state index in [0.29, 0.717) is 11.7 Å². The van der Waals surface area contributed by atoms with E-state index >= 15 is 0 Å². The molecule has 112 valence electrons. The molecule has 0 aliphatic rings. The van der Waals surface area contributed by atoms with Crippen LogP contribution >= 0.6 is 0 Å². The minimum absolute atomic E-state index is 0.292. The zero-order valence-corrected chi connectivity index (χ0v) is 12.8. The molecule has 0 atom stereocenters. The van der Waals surface area contributed by atoms with Crippen molar-refractivity contribution in [3.05, 3.63) is 59.4 Å². The van der Waals surface area contributed by atoms with Crippen molar-refractivity contribution in [1.82, 2.24) is 5.32 Å². The Morgan fingerprint density at radius 2 is 1.95 bits per heavy atom. The topological polar surface area (TPSA) is 21.3 Å². The van der Waals surface area contributed by atoms with Crippen molar-refractivity contribution in [3.63, 3.8) is 0 Å². The molecule has 2 nitrogen and oxygen atoms in total. The van der Waals surface area contributed by atoms with Crippen molar-refractivity contribution in [2.24, 2.45) is 5.92 Å². The average molecular weight is 287 g/mol. The number of hydrogen-bond acceptors (Lipinski definition) is 2. The lowest BCUT2D eigenvalue weighted by Crippen LogP contribution is -2.18. The number of rotatable bonds is 6. The Hall–Kier alpha value is -1.87. The van der Waals surface area contributed by atoms with Gasteiger partial charge in [0, 0.05) is 12.6 Å². The van der Waals surface area contributed by atoms with Gasteiger partial charge in [0.05, 0.1) is 0 Å². The van der Waals surface area contributed by atoms with Crippen LogP contribution in [0.1, 0.15) is 25.0 Å². The van der Waals surface area contributed by atoms with E-state index in [4.69, 9.17) is 4.74 Å². The SMILES string of the molecule is Cc1cc(CNCC(C)C)ccc1Oc1cccc(F)c1. The van der Waals surface area contributed by atoms with Crippen molar-refractivity contribution in [2.45, 2.75) is 27.3 Å². The lowest BCUT2D eigenvalue weighted by Gasteiger charge is -2.12. The predicted octanol–water partition coefficient (Wildman–Crippen LogP) is 4.67. The van der Waals surface area contributed by atoms with E-state index in [1.165, 1.54) is 17.7 Å². The minimum Gasteiger partial charge on any atom is -0.457 e. The highest BCUT2D eigenvalue weighted by molar-refractivity contribution is 5.39. The van der Waals surface area contributed by atoms with Crippen LogP contribution in [0.4, 0.5) is 4.39 Å². The van der Waals surface area contributed by atoms with Crippen LogP contribution in [0, 0.1) is 18.7 Å². The summed E-state index contributed by atoms with van der Waals surface area (Å²) in [6.45, 7) is 8.22. The second kappa shape index (κ2) is 7.23. The molecule has 0 bridgehead atoms. The zero-order chi connectivity index (χ0) is 15.2. The summed E-state index contributed by atoms with van der Waals surface area (Å²) < 4.78 is 18.9. The molecule has 0 heterocycles. The van der Waals surface area contributed by atoms with Gasteiger partial charge in [0.25, 0.3) is 0 Å². The van der Waals surface area contributed by atoms with Gasteiger partial charge in [-0.15, -0.1) is 0 Å². The number of ether oxygens (including phenoxy) is 1. The highest BCUT2D eigenvalue weighted by Crippen LogP contribution is 2.26. The third kappa shape index (κ3) is 4.87. The lowest BCUT2D eigenvalue weighted by molar-refractivity contribution is 0.472. The first-order chi connectivity index (χ1) is 10.0. The van der Waals surface area contributed by atoms with Gasteiger partial charge in [-0.2, -0.15) is 0 Å². The van der Waals surface area contributed by atoms with Gasteiger partial charge < -0.3 is 10.1 Å². The van der Waals surface area contributed by atoms with E-state index in [2.05, 4.69) is 25.2 Å². The normalized spacial score (nSPS) is 10.9. The Morgan fingerprint density at radius 3 is 2.62 bits per heavy atom. The predicted molar refractivity (Wildman–Crippen MR) is 84.2 cm³/mol. The molecule has 21 heavy (non-hydrogen) atoms. The number of halogens is 1. The summed E-state index contributed by atoms with van der Waals surface area (Å²) in [7, 11) is 0. The molecule has 0 fully saturated rings. The molecule has 0 spiro atoms. The molecule has 2 aromatic rings. The minimum atomic E-state index is -0.292. The first-order valence-corrected chi connectivity index (χ1v) is 7.28. The maximum Gasteiger partial charge on any atom is 0.130 e. The molecule has 0 saturated carbocycles. The van der Waals surface area contributed by atoms with Crippen LogP contribution < -0.4 is 10.1 Å². The highest BCUT2D eigenvalue weighted by atomic mass is 19.1. The molecule has 0 radical (unpaired) electrons. The Balaban J connectivity index is 2.02. The van der Waals surface area contributed by atoms with Crippen molar-refractivity contribution in [2.75, 3.05) is 6.54 Å². The molecule has 0 aliphatic heterocycles. The third-order valence-corrected chi connectivity index (χ3v) is 3.14. The van der Waals surface area contributed by atoms with E-state index in [-0.39, 0.29) is 5.82 Å². The van der Waals surface area contributed by atoms with Gasteiger partial charge in [0.2, 0.25) is 0 Å². The van der Waals surface area contributed by atoms with Crippen LogP contribution in [-0.4, -0.2) is 6.54 Å². The highest BCUT2D eigenvalue weighted by Gasteiger charge is 2.04. The summed E-state index contributed by atoms with van der Waals surface area (Å²) in [5.74, 6) is 1.62. The van der Waals surface area contributed by atoms with E-state index in [1.54, 1.807) is 12.1 Å². The summed E-state index contributed by atoms with van der Waals surface area (Å²) in [6, 6.07) is 12.3. The summed E-state index contributed by atoms with van der Waals surface area (Å²) in [4.78, 5) is 0. The fourth-order valence-electron chi connectivity index (χ4n) is 2.10. The molecule has 0 saturated heterocycles. The van der Waals surface area contributed by atoms with Crippen molar-refractivity contribution in [1.29, 1.82) is 0 Å². The summed E-state index contributed by atoms with van der Waals surface area (Å²) in [5, 5.41) is 3.41. The second-order valence-corrected chi connectivity index (χ2v) is 5.68. The number of nitrogens with one attached hydrogen (secondary N) is 1. The Morgan fingerprint density at radius 1 is 1.14 bits per heavy atom. The Bertz CT molecular complexity index is 596. The van der Waals surface area contributed by atoms with Crippen LogP contribution in [0.25, 0.3) is 0 Å². The molecular weight excluding hydrogens is 265 g/mol. The monoisotopic (exact) mass is 287 g/mol. The number of aryl methyl sites for hydroxylation is 1. The molecule has 0 aromatic heterocycles. The Labute approximate surface area is 126 Å². The van der Waals surface area contributed by atoms with E-state index in [0.717, 1.165) is 24.4 Å². The van der Waals surface area contributed by atoms with Gasteiger partial charge in [-0.3, -0.25) is 0 Å². The summed E-state index contributed by atoms with van der Waals surface area (Å²) in [6.07, 6.45) is 0. The lowest BCUT2D eigenvalue weighted by atomic mass is 10.1. The van der Waals surface area contributed by atoms with Crippen molar-refractivity contribution >= 4 is 0 Å². The molecular formula is C18H22FNO. The molecule has 0 unspecified atom stereocenters. The zero-order valence-electron chi connectivity index (χ0n) is 12.8. The second-order valence-electron chi connectivity index (χ2n) is 5.68. The third-order valence-electron chi connectivity index (χ3n) is 3.14. The van der Waals surface area contributed by atoms with Crippen LogP contribution in [0.15, 0.2) is 42.5 Å². The maximum absolute atomic E-state index is 13.2. The van der Waals surface area contributed by atoms with E-state index in [9.17, 15) is 4.39 Å². The van der Waals surface area contributed by atoms with Gasteiger partial charge in [0.15, 0.2) is 0 Å². The molecule has 3 heteroatoms. The number of hydrogen-bond donors (Lipinski definition) is 1. The van der Waals surface area contributed by atoms with Gasteiger partial charge in [0.1, 0.15) is 17.3 Å². The standard InChI is InChI=1S/C18H22FNO/c1-13(2)11-20-12-15-7-8-18(14(3)9-15)21-17-6-4-5-16(19)10-17/h4-10,13,20H,11-12H2,1-3H3. The molecule has 2 rings (SSSR count).